The molecule has 5 nitrogen and oxygen atoms in total. The normalized spacial score (nSPS) is 10.8. The smallest absolute Gasteiger partial charge is 0.226 e. The fourth-order valence-electron chi connectivity index (χ4n) is 2.52. The van der Waals surface area contributed by atoms with E-state index >= 15 is 0 Å². The van der Waals surface area contributed by atoms with E-state index in [1.807, 2.05) is 38.2 Å². The molecule has 124 valence electrons. The molecule has 0 unspecified atom stereocenters. The van der Waals surface area contributed by atoms with E-state index < -0.39 is 0 Å². The van der Waals surface area contributed by atoms with E-state index in [-0.39, 0.29) is 5.91 Å². The van der Waals surface area contributed by atoms with Crippen LogP contribution in [0.25, 0.3) is 0 Å². The van der Waals surface area contributed by atoms with Gasteiger partial charge in [-0.3, -0.25) is 4.79 Å². The molecule has 0 radical (unpaired) electrons. The van der Waals surface area contributed by atoms with Gasteiger partial charge in [-0.1, -0.05) is 35.5 Å². The molecule has 6 heteroatoms. The van der Waals surface area contributed by atoms with E-state index in [1.54, 1.807) is 0 Å². The number of nitrogens with one attached hydrogen (secondary N) is 1. The Kier molecular flexibility index (Phi) is 5.05. The van der Waals surface area contributed by atoms with Crippen LogP contribution >= 0.6 is 11.3 Å². The molecule has 0 aliphatic carbocycles. The van der Waals surface area contributed by atoms with Gasteiger partial charge >= 0.3 is 0 Å². The molecule has 0 atom stereocenters. The molecule has 0 saturated carbocycles. The maximum atomic E-state index is 12.1. The van der Waals surface area contributed by atoms with Gasteiger partial charge in [0, 0.05) is 29.5 Å². The average Bonchev–Trinajstić information content (AvgIpc) is 3.13. The summed E-state index contributed by atoms with van der Waals surface area (Å²) >= 11 is 1.51. The number of aryl methyl sites for hydroxylation is 2. The Bertz CT molecular complexity index is 804. The van der Waals surface area contributed by atoms with Crippen LogP contribution < -0.4 is 5.32 Å². The Balaban J connectivity index is 1.53. The van der Waals surface area contributed by atoms with Crippen molar-refractivity contribution in [2.45, 2.75) is 33.1 Å². The number of aromatic nitrogens is 2. The van der Waals surface area contributed by atoms with Crippen LogP contribution in [-0.2, 0) is 17.6 Å². The zero-order chi connectivity index (χ0) is 16.9. The lowest BCUT2D eigenvalue weighted by atomic mass is 10.1. The van der Waals surface area contributed by atoms with E-state index in [4.69, 9.17) is 4.52 Å². The number of amides is 1. The molecule has 0 aliphatic heterocycles. The van der Waals surface area contributed by atoms with Crippen molar-refractivity contribution in [2.24, 2.45) is 0 Å². The first kappa shape index (κ1) is 16.4. The van der Waals surface area contributed by atoms with Gasteiger partial charge in [0.1, 0.15) is 5.76 Å². The third-order valence-electron chi connectivity index (χ3n) is 3.80. The van der Waals surface area contributed by atoms with Crippen LogP contribution in [0.2, 0.25) is 0 Å². The van der Waals surface area contributed by atoms with Crippen LogP contribution in [0.1, 0.15) is 33.9 Å². The zero-order valence-electron chi connectivity index (χ0n) is 13.7. The maximum Gasteiger partial charge on any atom is 0.226 e. The number of carbonyl (C=O) groups is 1. The molecular formula is C18H19N3O2S. The predicted molar refractivity (Wildman–Crippen MR) is 94.3 cm³/mol. The second kappa shape index (κ2) is 7.40. The zero-order valence-corrected chi connectivity index (χ0v) is 14.5. The molecular weight excluding hydrogens is 322 g/mol. The van der Waals surface area contributed by atoms with Gasteiger partial charge in [0.15, 0.2) is 5.13 Å². The lowest BCUT2D eigenvalue weighted by molar-refractivity contribution is -0.116. The van der Waals surface area contributed by atoms with Crippen molar-refractivity contribution in [1.29, 1.82) is 0 Å². The van der Waals surface area contributed by atoms with Gasteiger partial charge in [-0.2, -0.15) is 0 Å². The molecule has 0 aliphatic rings. The lowest BCUT2D eigenvalue weighted by Gasteiger charge is -2.01. The minimum absolute atomic E-state index is 0.0457. The van der Waals surface area contributed by atoms with Crippen LogP contribution in [0.15, 0.2) is 41.1 Å². The topological polar surface area (TPSA) is 68.0 Å². The summed E-state index contributed by atoms with van der Waals surface area (Å²) in [5.74, 6) is 0.732. The van der Waals surface area contributed by atoms with E-state index in [0.29, 0.717) is 18.0 Å². The Labute approximate surface area is 144 Å². The summed E-state index contributed by atoms with van der Waals surface area (Å²) in [5.41, 5.74) is 3.09. The molecule has 1 N–H and O–H groups in total. The monoisotopic (exact) mass is 341 g/mol. The highest BCUT2D eigenvalue weighted by molar-refractivity contribution is 7.15. The molecule has 2 aromatic heterocycles. The van der Waals surface area contributed by atoms with Crippen molar-refractivity contribution >= 4 is 22.4 Å². The Hall–Kier alpha value is -2.47. The molecule has 0 fully saturated rings. The van der Waals surface area contributed by atoms with Gasteiger partial charge in [-0.05, 0) is 25.8 Å². The number of rotatable bonds is 6. The van der Waals surface area contributed by atoms with Crippen molar-refractivity contribution in [3.63, 3.8) is 0 Å². The van der Waals surface area contributed by atoms with E-state index in [2.05, 4.69) is 27.6 Å². The molecule has 0 spiro atoms. The summed E-state index contributed by atoms with van der Waals surface area (Å²) < 4.78 is 5.11. The number of hydrogen-bond donors (Lipinski definition) is 1. The minimum Gasteiger partial charge on any atom is -0.361 e. The number of thiazole rings is 1. The quantitative estimate of drug-likeness (QED) is 0.738. The first-order valence-electron chi connectivity index (χ1n) is 7.82. The number of nitrogens with zero attached hydrogens (tertiary/aromatic N) is 2. The second-order valence-electron chi connectivity index (χ2n) is 5.65. The average molecular weight is 341 g/mol. The van der Waals surface area contributed by atoms with Gasteiger partial charge in [0.2, 0.25) is 5.91 Å². The molecule has 0 bridgehead atoms. The number of carbonyl (C=O) groups excluding carboxylic acids is 1. The molecule has 1 amide bonds. The van der Waals surface area contributed by atoms with Crippen molar-refractivity contribution in [3.8, 4) is 0 Å². The van der Waals surface area contributed by atoms with E-state index in [1.165, 1.54) is 16.9 Å². The SMILES string of the molecule is Cc1noc(C)c1CCC(=O)Nc1ncc(Cc2ccccc2)s1. The Morgan fingerprint density at radius 1 is 1.25 bits per heavy atom. The Morgan fingerprint density at radius 3 is 2.75 bits per heavy atom. The fraction of sp³-hybridized carbons (Fsp3) is 0.278. The maximum absolute atomic E-state index is 12.1. The lowest BCUT2D eigenvalue weighted by Crippen LogP contribution is -2.12. The summed E-state index contributed by atoms with van der Waals surface area (Å²) in [6.45, 7) is 3.75. The van der Waals surface area contributed by atoms with E-state index in [9.17, 15) is 4.79 Å². The van der Waals surface area contributed by atoms with Gasteiger partial charge < -0.3 is 9.84 Å². The minimum atomic E-state index is -0.0457. The predicted octanol–water partition coefficient (Wildman–Crippen LogP) is 3.91. The summed E-state index contributed by atoms with van der Waals surface area (Å²) in [6, 6.07) is 10.2. The van der Waals surface area contributed by atoms with Crippen molar-refractivity contribution < 1.29 is 9.32 Å². The highest BCUT2D eigenvalue weighted by Gasteiger charge is 2.12. The van der Waals surface area contributed by atoms with Gasteiger partial charge in [0.25, 0.3) is 0 Å². The van der Waals surface area contributed by atoms with E-state index in [0.717, 1.165) is 28.3 Å². The summed E-state index contributed by atoms with van der Waals surface area (Å²) in [6.07, 6.45) is 3.65. The van der Waals surface area contributed by atoms with Gasteiger partial charge in [-0.25, -0.2) is 4.98 Å². The number of anilines is 1. The highest BCUT2D eigenvalue weighted by atomic mass is 32.1. The van der Waals surface area contributed by atoms with Crippen LogP contribution in [0.5, 0.6) is 0 Å². The van der Waals surface area contributed by atoms with Gasteiger partial charge in [0.05, 0.1) is 5.69 Å². The molecule has 24 heavy (non-hydrogen) atoms. The number of hydrogen-bond acceptors (Lipinski definition) is 5. The fourth-order valence-corrected chi connectivity index (χ4v) is 3.39. The standard InChI is InChI=1S/C18H19N3O2S/c1-12-16(13(2)23-21-12)8-9-17(22)20-18-19-11-15(24-18)10-14-6-4-3-5-7-14/h3-7,11H,8-10H2,1-2H3,(H,19,20,22). The third-order valence-corrected chi connectivity index (χ3v) is 4.72. The van der Waals surface area contributed by atoms with Crippen molar-refractivity contribution in [1.82, 2.24) is 10.1 Å². The Morgan fingerprint density at radius 2 is 2.04 bits per heavy atom. The largest absolute Gasteiger partial charge is 0.361 e. The molecule has 0 saturated heterocycles. The first-order chi connectivity index (χ1) is 11.6. The molecule has 3 rings (SSSR count). The van der Waals surface area contributed by atoms with Crippen LogP contribution in [0, 0.1) is 13.8 Å². The molecule has 1 aromatic carbocycles. The van der Waals surface area contributed by atoms with Crippen molar-refractivity contribution in [3.05, 3.63) is 64.0 Å². The summed E-state index contributed by atoms with van der Waals surface area (Å²) in [7, 11) is 0. The highest BCUT2D eigenvalue weighted by Crippen LogP contribution is 2.21. The third kappa shape index (κ3) is 4.08. The van der Waals surface area contributed by atoms with Crippen molar-refractivity contribution in [2.75, 3.05) is 5.32 Å². The van der Waals surface area contributed by atoms with Crippen LogP contribution in [-0.4, -0.2) is 16.0 Å². The van der Waals surface area contributed by atoms with Crippen LogP contribution in [0.3, 0.4) is 0 Å². The summed E-state index contributed by atoms with van der Waals surface area (Å²) in [4.78, 5) is 17.5. The van der Waals surface area contributed by atoms with Crippen LogP contribution in [0.4, 0.5) is 5.13 Å². The van der Waals surface area contributed by atoms with Gasteiger partial charge in [-0.15, -0.1) is 11.3 Å². The second-order valence-corrected chi connectivity index (χ2v) is 6.76. The number of benzene rings is 1. The first-order valence-corrected chi connectivity index (χ1v) is 8.63. The molecule has 3 aromatic rings. The molecule has 2 heterocycles. The summed E-state index contributed by atoms with van der Waals surface area (Å²) in [5, 5.41) is 7.41.